The lowest BCUT2D eigenvalue weighted by atomic mass is 10.2. The van der Waals surface area contributed by atoms with E-state index in [0.717, 1.165) is 0 Å². The van der Waals surface area contributed by atoms with E-state index in [-0.39, 0.29) is 37.4 Å². The van der Waals surface area contributed by atoms with E-state index in [4.69, 9.17) is 10.5 Å². The van der Waals surface area contributed by atoms with Crippen molar-refractivity contribution in [2.24, 2.45) is 5.73 Å². The molecule has 1 rings (SSSR count). The molecule has 1 aromatic rings. The monoisotopic (exact) mass is 315 g/mol. The van der Waals surface area contributed by atoms with Gasteiger partial charge < -0.3 is 21.1 Å². The average Bonchev–Trinajstić information content (AvgIpc) is 2.45. The molecule has 0 aromatic heterocycles. The van der Waals surface area contributed by atoms with Gasteiger partial charge in [-0.3, -0.25) is 9.59 Å². The summed E-state index contributed by atoms with van der Waals surface area (Å²) in [5.41, 5.74) is 5.56. The highest BCUT2D eigenvalue weighted by atomic mass is 35.5. The number of amides is 2. The molecule has 0 heterocycles. The van der Waals surface area contributed by atoms with Gasteiger partial charge in [0.15, 0.2) is 0 Å². The minimum atomic E-state index is -0.477. The van der Waals surface area contributed by atoms with Gasteiger partial charge in [0, 0.05) is 18.2 Å². The number of benzene rings is 1. The van der Waals surface area contributed by atoms with E-state index >= 15 is 0 Å². The molecule has 0 spiro atoms. The highest BCUT2D eigenvalue weighted by molar-refractivity contribution is 5.92. The van der Waals surface area contributed by atoms with Gasteiger partial charge in [0.2, 0.25) is 11.8 Å². The Kier molecular flexibility index (Phi) is 9.16. The molecule has 0 radical (unpaired) electrons. The first-order valence-electron chi connectivity index (χ1n) is 6.49. The van der Waals surface area contributed by atoms with Crippen LogP contribution in [0.4, 0.5) is 0 Å². The minimum Gasteiger partial charge on any atom is -0.493 e. The Labute approximate surface area is 130 Å². The zero-order valence-electron chi connectivity index (χ0n) is 12.2. The minimum absolute atomic E-state index is 0. The molecule has 0 fully saturated rings. The van der Waals surface area contributed by atoms with E-state index in [1.165, 1.54) is 0 Å². The zero-order chi connectivity index (χ0) is 15.0. The summed E-state index contributed by atoms with van der Waals surface area (Å²) in [6, 6.07) is 6.72. The van der Waals surface area contributed by atoms with Crippen molar-refractivity contribution in [3.8, 4) is 5.75 Å². The summed E-state index contributed by atoms with van der Waals surface area (Å²) in [7, 11) is 1.84. The Morgan fingerprint density at radius 3 is 2.43 bits per heavy atom. The van der Waals surface area contributed by atoms with Crippen LogP contribution in [0.25, 0.3) is 0 Å². The first-order chi connectivity index (χ1) is 9.52. The fourth-order valence-corrected chi connectivity index (χ4v) is 1.43. The lowest BCUT2D eigenvalue weighted by molar-refractivity contribution is -0.121. The molecule has 118 valence electrons. The van der Waals surface area contributed by atoms with Crippen molar-refractivity contribution in [2.45, 2.75) is 19.4 Å². The van der Waals surface area contributed by atoms with Crippen LogP contribution >= 0.6 is 12.4 Å². The van der Waals surface area contributed by atoms with Crippen LogP contribution < -0.4 is 21.1 Å². The van der Waals surface area contributed by atoms with E-state index in [1.807, 2.05) is 14.0 Å². The normalized spacial score (nSPS) is 11.1. The van der Waals surface area contributed by atoms with Gasteiger partial charge in [-0.2, -0.15) is 0 Å². The number of hydrogen-bond acceptors (Lipinski definition) is 4. The molecular formula is C14H22ClN3O3. The fourth-order valence-electron chi connectivity index (χ4n) is 1.43. The maximum Gasteiger partial charge on any atom is 0.248 e. The number of likely N-dealkylation sites (N-methyl/N-ethyl adjacent to an activating group) is 1. The molecule has 6 nitrogen and oxygen atoms in total. The van der Waals surface area contributed by atoms with Crippen molar-refractivity contribution in [1.29, 1.82) is 0 Å². The molecule has 2 amide bonds. The van der Waals surface area contributed by atoms with E-state index < -0.39 is 5.91 Å². The summed E-state index contributed by atoms with van der Waals surface area (Å²) in [4.78, 5) is 22.4. The van der Waals surface area contributed by atoms with Crippen LogP contribution in [0.15, 0.2) is 24.3 Å². The highest BCUT2D eigenvalue weighted by Crippen LogP contribution is 2.11. The summed E-state index contributed by atoms with van der Waals surface area (Å²) in [6.07, 6.45) is 0.286. The smallest absolute Gasteiger partial charge is 0.248 e. The topological polar surface area (TPSA) is 93.4 Å². The molecule has 1 unspecified atom stereocenters. The summed E-state index contributed by atoms with van der Waals surface area (Å²) in [6.45, 7) is 2.86. The molecule has 1 aromatic carbocycles. The van der Waals surface area contributed by atoms with Gasteiger partial charge in [0.1, 0.15) is 5.75 Å². The molecule has 0 aliphatic rings. The van der Waals surface area contributed by atoms with Crippen LogP contribution in [0.5, 0.6) is 5.75 Å². The van der Waals surface area contributed by atoms with Gasteiger partial charge in [-0.15, -0.1) is 12.4 Å². The Morgan fingerprint density at radius 2 is 1.90 bits per heavy atom. The van der Waals surface area contributed by atoms with Crippen LogP contribution in [-0.4, -0.2) is 38.1 Å². The van der Waals surface area contributed by atoms with Crippen LogP contribution in [0.1, 0.15) is 23.7 Å². The number of nitrogens with one attached hydrogen (secondary N) is 2. The standard InChI is InChI=1S/C14H21N3O3.ClH/c1-10(16-2)9-17-13(18)7-8-20-12-5-3-11(4-6-12)14(15)19;/h3-6,10,16H,7-9H2,1-2H3,(H2,15,19)(H,17,18);1H. The van der Waals surface area contributed by atoms with Crippen LogP contribution in [0.3, 0.4) is 0 Å². The predicted molar refractivity (Wildman–Crippen MR) is 83.9 cm³/mol. The van der Waals surface area contributed by atoms with Gasteiger partial charge in [-0.25, -0.2) is 0 Å². The maximum absolute atomic E-state index is 11.5. The van der Waals surface area contributed by atoms with Crippen LogP contribution in [0, 0.1) is 0 Å². The summed E-state index contributed by atoms with van der Waals surface area (Å²) in [5, 5.41) is 5.83. The van der Waals surface area contributed by atoms with Gasteiger partial charge in [-0.1, -0.05) is 0 Å². The predicted octanol–water partition coefficient (Wildman–Crippen LogP) is 0.700. The summed E-state index contributed by atoms with van der Waals surface area (Å²) >= 11 is 0. The molecule has 21 heavy (non-hydrogen) atoms. The zero-order valence-corrected chi connectivity index (χ0v) is 13.0. The number of rotatable bonds is 8. The van der Waals surface area contributed by atoms with Crippen molar-refractivity contribution in [1.82, 2.24) is 10.6 Å². The van der Waals surface area contributed by atoms with Crippen LogP contribution in [0.2, 0.25) is 0 Å². The second kappa shape index (κ2) is 10.0. The van der Waals surface area contributed by atoms with Gasteiger partial charge in [0.05, 0.1) is 13.0 Å². The lowest BCUT2D eigenvalue weighted by Crippen LogP contribution is -2.37. The number of primary amides is 1. The molecule has 0 bridgehead atoms. The Morgan fingerprint density at radius 1 is 1.29 bits per heavy atom. The Hall–Kier alpha value is -1.79. The SMILES string of the molecule is CNC(C)CNC(=O)CCOc1ccc(C(N)=O)cc1.Cl. The quantitative estimate of drug-likeness (QED) is 0.658. The van der Waals surface area contributed by atoms with Gasteiger partial charge in [-0.05, 0) is 38.2 Å². The number of carbonyl (C=O) groups is 2. The third-order valence-electron chi connectivity index (χ3n) is 2.83. The van der Waals surface area contributed by atoms with Crippen molar-refractivity contribution >= 4 is 24.2 Å². The molecule has 7 heteroatoms. The average molecular weight is 316 g/mol. The second-order valence-electron chi connectivity index (χ2n) is 4.48. The number of halogens is 1. The first-order valence-corrected chi connectivity index (χ1v) is 6.49. The fraction of sp³-hybridized carbons (Fsp3) is 0.429. The molecule has 0 saturated carbocycles. The van der Waals surface area contributed by atoms with Crippen LogP contribution in [-0.2, 0) is 4.79 Å². The second-order valence-corrected chi connectivity index (χ2v) is 4.48. The van der Waals surface area contributed by atoms with Crippen molar-refractivity contribution in [3.63, 3.8) is 0 Å². The number of nitrogens with two attached hydrogens (primary N) is 1. The van der Waals surface area contributed by atoms with Gasteiger partial charge in [0.25, 0.3) is 0 Å². The molecule has 4 N–H and O–H groups in total. The van der Waals surface area contributed by atoms with E-state index in [0.29, 0.717) is 17.9 Å². The largest absolute Gasteiger partial charge is 0.493 e. The Bertz CT molecular complexity index is 451. The van der Waals surface area contributed by atoms with E-state index in [2.05, 4.69) is 10.6 Å². The highest BCUT2D eigenvalue weighted by Gasteiger charge is 2.05. The van der Waals surface area contributed by atoms with E-state index in [1.54, 1.807) is 24.3 Å². The number of carbonyl (C=O) groups excluding carboxylic acids is 2. The third-order valence-corrected chi connectivity index (χ3v) is 2.83. The lowest BCUT2D eigenvalue weighted by Gasteiger charge is -2.11. The molecular weight excluding hydrogens is 294 g/mol. The first kappa shape index (κ1) is 19.2. The van der Waals surface area contributed by atoms with Gasteiger partial charge >= 0.3 is 0 Å². The molecule has 0 aliphatic carbocycles. The number of ether oxygens (including phenoxy) is 1. The number of hydrogen-bond donors (Lipinski definition) is 3. The summed E-state index contributed by atoms with van der Waals surface area (Å²) < 4.78 is 5.42. The van der Waals surface area contributed by atoms with Crippen molar-refractivity contribution < 1.29 is 14.3 Å². The molecule has 1 atom stereocenters. The van der Waals surface area contributed by atoms with Crippen molar-refractivity contribution in [3.05, 3.63) is 29.8 Å². The van der Waals surface area contributed by atoms with Crippen molar-refractivity contribution in [2.75, 3.05) is 20.2 Å². The maximum atomic E-state index is 11.5. The van der Waals surface area contributed by atoms with E-state index in [9.17, 15) is 9.59 Å². The third kappa shape index (κ3) is 7.53. The Balaban J connectivity index is 0.00000400. The molecule has 0 aliphatic heterocycles. The summed E-state index contributed by atoms with van der Waals surface area (Å²) in [5.74, 6) is 0.0711. The molecule has 0 saturated heterocycles.